The van der Waals surface area contributed by atoms with Crippen LogP contribution in [0.2, 0.25) is 0 Å². The van der Waals surface area contributed by atoms with Gasteiger partial charge in [0.1, 0.15) is 5.75 Å². The van der Waals surface area contributed by atoms with E-state index < -0.39 is 0 Å². The average Bonchev–Trinajstić information content (AvgIpc) is 2.49. The Labute approximate surface area is 120 Å². The summed E-state index contributed by atoms with van der Waals surface area (Å²) >= 11 is 0. The van der Waals surface area contributed by atoms with Crippen molar-refractivity contribution in [1.82, 2.24) is 0 Å². The summed E-state index contributed by atoms with van der Waals surface area (Å²) in [6, 6.07) is 17.7. The van der Waals surface area contributed by atoms with Gasteiger partial charge in [-0.3, -0.25) is 0 Å². The van der Waals surface area contributed by atoms with E-state index in [4.69, 9.17) is 4.74 Å². The van der Waals surface area contributed by atoms with Gasteiger partial charge in [-0.1, -0.05) is 49.4 Å². The number of nitrogens with zero attached hydrogens (tertiary/aromatic N) is 1. The van der Waals surface area contributed by atoms with Crippen molar-refractivity contribution in [2.45, 2.75) is 20.3 Å². The molecular weight excluding hydrogens is 246 g/mol. The van der Waals surface area contributed by atoms with Gasteiger partial charge in [-0.05, 0) is 37.6 Å². The first-order chi connectivity index (χ1) is 9.69. The maximum absolute atomic E-state index is 5.85. The second-order valence-corrected chi connectivity index (χ2v) is 4.62. The van der Waals surface area contributed by atoms with Crippen LogP contribution in [0.5, 0.6) is 5.75 Å². The lowest BCUT2D eigenvalue weighted by atomic mass is 10.2. The molecule has 20 heavy (non-hydrogen) atoms. The monoisotopic (exact) mass is 265 g/mol. The fourth-order valence-corrected chi connectivity index (χ4v) is 1.66. The highest BCUT2D eigenvalue weighted by molar-refractivity contribution is 5.96. The number of benzene rings is 2. The van der Waals surface area contributed by atoms with Crippen LogP contribution in [0.25, 0.3) is 0 Å². The number of hydrogen-bond donors (Lipinski definition) is 0. The van der Waals surface area contributed by atoms with E-state index in [1.807, 2.05) is 61.5 Å². The summed E-state index contributed by atoms with van der Waals surface area (Å²) in [5.74, 6) is 1.34. The Bertz CT molecular complexity index is 597. The van der Waals surface area contributed by atoms with Crippen molar-refractivity contribution >= 4 is 11.6 Å². The molecule has 0 aliphatic heterocycles. The maximum Gasteiger partial charge on any atom is 0.222 e. The number of aryl methyl sites for hydroxylation is 1. The first-order valence-corrected chi connectivity index (χ1v) is 6.75. The molecule has 2 aromatic rings. The van der Waals surface area contributed by atoms with E-state index in [0.29, 0.717) is 5.90 Å². The van der Waals surface area contributed by atoms with E-state index >= 15 is 0 Å². The van der Waals surface area contributed by atoms with E-state index in [9.17, 15) is 0 Å². The molecule has 0 saturated heterocycles. The Morgan fingerprint density at radius 2 is 1.70 bits per heavy atom. The van der Waals surface area contributed by atoms with Crippen LogP contribution in [-0.2, 0) is 0 Å². The molecule has 0 saturated carbocycles. The van der Waals surface area contributed by atoms with Crippen molar-refractivity contribution in [1.29, 1.82) is 0 Å². The molecule has 0 aromatic heterocycles. The van der Waals surface area contributed by atoms with Gasteiger partial charge >= 0.3 is 0 Å². The SMILES string of the molecule is C=C(CC)C(=Nc1ccc(C)cc1)Oc1ccccc1. The van der Waals surface area contributed by atoms with Crippen molar-refractivity contribution in [2.24, 2.45) is 4.99 Å². The largest absolute Gasteiger partial charge is 0.439 e. The van der Waals surface area contributed by atoms with Crippen LogP contribution in [0.15, 0.2) is 71.7 Å². The number of hydrogen-bond acceptors (Lipinski definition) is 2. The van der Waals surface area contributed by atoms with Crippen LogP contribution >= 0.6 is 0 Å². The third kappa shape index (κ3) is 3.82. The lowest BCUT2D eigenvalue weighted by Crippen LogP contribution is -2.10. The number of aliphatic imine (C=N–C) groups is 1. The van der Waals surface area contributed by atoms with Crippen LogP contribution in [0.1, 0.15) is 18.9 Å². The van der Waals surface area contributed by atoms with Gasteiger partial charge in [0.25, 0.3) is 0 Å². The summed E-state index contributed by atoms with van der Waals surface area (Å²) in [5, 5.41) is 0. The summed E-state index contributed by atoms with van der Waals surface area (Å²) < 4.78 is 5.85. The zero-order valence-corrected chi connectivity index (χ0v) is 12.0. The third-order valence-electron chi connectivity index (χ3n) is 2.95. The van der Waals surface area contributed by atoms with E-state index in [-0.39, 0.29) is 0 Å². The van der Waals surface area contributed by atoms with Crippen molar-refractivity contribution in [3.05, 3.63) is 72.3 Å². The molecule has 0 spiro atoms. The predicted molar refractivity (Wildman–Crippen MR) is 84.8 cm³/mol. The Balaban J connectivity index is 2.28. The van der Waals surface area contributed by atoms with Gasteiger partial charge in [0.05, 0.1) is 5.69 Å². The normalized spacial score (nSPS) is 11.2. The minimum atomic E-state index is 0.572. The molecule has 0 bridgehead atoms. The summed E-state index contributed by atoms with van der Waals surface area (Å²) in [4.78, 5) is 4.56. The molecule has 2 nitrogen and oxygen atoms in total. The lowest BCUT2D eigenvalue weighted by Gasteiger charge is -2.10. The zero-order valence-electron chi connectivity index (χ0n) is 12.0. The Kier molecular flexibility index (Phi) is 4.72. The van der Waals surface area contributed by atoms with Gasteiger partial charge in [-0.15, -0.1) is 0 Å². The smallest absolute Gasteiger partial charge is 0.222 e. The quantitative estimate of drug-likeness (QED) is 0.558. The molecule has 0 aliphatic rings. The van der Waals surface area contributed by atoms with Gasteiger partial charge in [-0.2, -0.15) is 0 Å². The minimum Gasteiger partial charge on any atom is -0.439 e. The van der Waals surface area contributed by atoms with Crippen LogP contribution in [0.3, 0.4) is 0 Å². The molecule has 2 heteroatoms. The second kappa shape index (κ2) is 6.71. The molecule has 2 aromatic carbocycles. The summed E-state index contributed by atoms with van der Waals surface area (Å²) in [5.41, 5.74) is 2.97. The fourth-order valence-electron chi connectivity index (χ4n) is 1.66. The van der Waals surface area contributed by atoms with Crippen molar-refractivity contribution in [2.75, 3.05) is 0 Å². The second-order valence-electron chi connectivity index (χ2n) is 4.62. The molecule has 0 radical (unpaired) electrons. The highest BCUT2D eigenvalue weighted by Crippen LogP contribution is 2.18. The van der Waals surface area contributed by atoms with Gasteiger partial charge in [0.2, 0.25) is 5.90 Å². The van der Waals surface area contributed by atoms with Gasteiger partial charge in [-0.25, -0.2) is 4.99 Å². The first kappa shape index (κ1) is 14.1. The van der Waals surface area contributed by atoms with Crippen LogP contribution in [0.4, 0.5) is 5.69 Å². The summed E-state index contributed by atoms with van der Waals surface area (Å²) in [6.45, 7) is 8.13. The molecule has 0 unspecified atom stereocenters. The molecule has 0 heterocycles. The van der Waals surface area contributed by atoms with Crippen LogP contribution < -0.4 is 4.74 Å². The maximum atomic E-state index is 5.85. The van der Waals surface area contributed by atoms with Gasteiger partial charge in [0.15, 0.2) is 0 Å². The highest BCUT2D eigenvalue weighted by Gasteiger charge is 2.06. The summed E-state index contributed by atoms with van der Waals surface area (Å²) in [6.07, 6.45) is 0.803. The Morgan fingerprint density at radius 1 is 1.05 bits per heavy atom. The van der Waals surface area contributed by atoms with Crippen LogP contribution in [0, 0.1) is 6.92 Å². The number of ether oxygens (including phenoxy) is 1. The van der Waals surface area contributed by atoms with E-state index in [2.05, 4.69) is 18.5 Å². The molecule has 0 fully saturated rings. The Hall–Kier alpha value is -2.35. The topological polar surface area (TPSA) is 21.6 Å². The fraction of sp³-hybridized carbons (Fsp3) is 0.167. The van der Waals surface area contributed by atoms with Crippen molar-refractivity contribution in [3.63, 3.8) is 0 Å². The van der Waals surface area contributed by atoms with E-state index in [0.717, 1.165) is 23.4 Å². The molecular formula is C18H19NO. The molecule has 0 amide bonds. The van der Waals surface area contributed by atoms with Gasteiger partial charge < -0.3 is 4.74 Å². The molecule has 2 rings (SSSR count). The minimum absolute atomic E-state index is 0.572. The van der Waals surface area contributed by atoms with E-state index in [1.54, 1.807) is 0 Å². The standard InChI is InChI=1S/C18H19NO/c1-4-15(3)18(20-17-8-6-5-7-9-17)19-16-12-10-14(2)11-13-16/h5-13H,3-4H2,1-2H3. The first-order valence-electron chi connectivity index (χ1n) is 6.75. The molecule has 102 valence electrons. The lowest BCUT2D eigenvalue weighted by molar-refractivity contribution is 0.549. The highest BCUT2D eigenvalue weighted by atomic mass is 16.5. The van der Waals surface area contributed by atoms with Gasteiger partial charge in [0, 0.05) is 5.57 Å². The van der Waals surface area contributed by atoms with Crippen molar-refractivity contribution < 1.29 is 4.74 Å². The predicted octanol–water partition coefficient (Wildman–Crippen LogP) is 5.07. The number of rotatable bonds is 4. The zero-order chi connectivity index (χ0) is 14.4. The molecule has 0 atom stereocenters. The molecule has 0 N–H and O–H groups in total. The van der Waals surface area contributed by atoms with Crippen molar-refractivity contribution in [3.8, 4) is 5.75 Å². The summed E-state index contributed by atoms with van der Waals surface area (Å²) in [7, 11) is 0. The average molecular weight is 265 g/mol. The number of para-hydroxylation sites is 1. The molecule has 0 aliphatic carbocycles. The Morgan fingerprint density at radius 3 is 2.30 bits per heavy atom. The third-order valence-corrected chi connectivity index (χ3v) is 2.95. The van der Waals surface area contributed by atoms with E-state index in [1.165, 1.54) is 5.56 Å². The van der Waals surface area contributed by atoms with Crippen LogP contribution in [-0.4, -0.2) is 5.90 Å².